The average Bonchev–Trinajstić information content (AvgIpc) is 3.06. The molecule has 1 aliphatic heterocycles. The molecule has 1 aromatic heterocycles. The summed E-state index contributed by atoms with van der Waals surface area (Å²) >= 11 is 1.07. The Morgan fingerprint density at radius 3 is 2.78 bits per heavy atom. The molecular weight excluding hydrogens is 374 g/mol. The highest BCUT2D eigenvalue weighted by Crippen LogP contribution is 2.34. The lowest BCUT2D eigenvalue weighted by Crippen LogP contribution is -2.48. The number of likely N-dealkylation sites (tertiary alicyclic amines) is 1. The molecule has 142 valence electrons. The van der Waals surface area contributed by atoms with Gasteiger partial charge < -0.3 is 14.6 Å². The molecule has 2 aromatic rings. The van der Waals surface area contributed by atoms with Crippen molar-refractivity contribution >= 4 is 29.3 Å². The molecule has 3 rings (SSSR count). The highest BCUT2D eigenvalue weighted by Gasteiger charge is 2.33. The summed E-state index contributed by atoms with van der Waals surface area (Å²) in [5, 5.41) is 28.9. The zero-order valence-electron chi connectivity index (χ0n) is 14.4. The molecular formula is C16H17N5O5S. The Balaban J connectivity index is 1.91. The van der Waals surface area contributed by atoms with Crippen molar-refractivity contribution in [3.8, 4) is 0 Å². The predicted molar refractivity (Wildman–Crippen MR) is 94.5 cm³/mol. The Hall–Kier alpha value is -2.95. The number of nitro groups is 1. The van der Waals surface area contributed by atoms with E-state index in [1.807, 2.05) is 0 Å². The highest BCUT2D eigenvalue weighted by atomic mass is 32.2. The van der Waals surface area contributed by atoms with Gasteiger partial charge in [0.2, 0.25) is 0 Å². The third-order valence-corrected chi connectivity index (χ3v) is 5.44. The van der Waals surface area contributed by atoms with Gasteiger partial charge in [0.05, 0.1) is 9.82 Å². The molecule has 0 radical (unpaired) electrons. The second-order valence-electron chi connectivity index (χ2n) is 6.11. The first-order chi connectivity index (χ1) is 12.9. The van der Waals surface area contributed by atoms with Crippen molar-refractivity contribution in [1.29, 1.82) is 0 Å². The summed E-state index contributed by atoms with van der Waals surface area (Å²) in [5.41, 5.74) is -0.144. The number of carboxylic acids is 1. The number of benzene rings is 1. The molecule has 1 aliphatic rings. The number of aromatic nitrogens is 3. The van der Waals surface area contributed by atoms with E-state index in [1.165, 1.54) is 29.4 Å². The molecule has 1 fully saturated rings. The molecule has 1 amide bonds. The summed E-state index contributed by atoms with van der Waals surface area (Å²) in [6.45, 7) is 0.318. The lowest BCUT2D eigenvalue weighted by Gasteiger charge is -2.33. The second kappa shape index (κ2) is 7.74. The number of piperidine rings is 1. The first-order valence-corrected chi connectivity index (χ1v) is 9.04. The maximum atomic E-state index is 12.8. The van der Waals surface area contributed by atoms with Crippen molar-refractivity contribution in [1.82, 2.24) is 19.7 Å². The summed E-state index contributed by atoms with van der Waals surface area (Å²) in [6, 6.07) is 3.23. The van der Waals surface area contributed by atoms with Crippen LogP contribution in [0.1, 0.15) is 29.6 Å². The number of carboxylic acid groups (broad SMARTS) is 1. The topological polar surface area (TPSA) is 131 Å². The standard InChI is InChI=1S/C16H17N5O5S/c1-19-9-17-18-16(19)27-13-6-5-10(8-12(13)21(25)26)14(22)20-7-3-2-4-11(20)15(23)24/h5-6,8-9,11H,2-4,7H2,1H3,(H,23,24). The third kappa shape index (κ3) is 3.92. The molecule has 0 bridgehead atoms. The molecule has 27 heavy (non-hydrogen) atoms. The van der Waals surface area contributed by atoms with E-state index >= 15 is 0 Å². The van der Waals surface area contributed by atoms with E-state index in [1.54, 1.807) is 11.6 Å². The normalized spacial score (nSPS) is 16.9. The number of aryl methyl sites for hydroxylation is 1. The number of nitrogens with zero attached hydrogens (tertiary/aromatic N) is 5. The van der Waals surface area contributed by atoms with Gasteiger partial charge in [-0.3, -0.25) is 14.9 Å². The van der Waals surface area contributed by atoms with Crippen LogP contribution in [-0.2, 0) is 11.8 Å². The smallest absolute Gasteiger partial charge is 0.326 e. The van der Waals surface area contributed by atoms with E-state index in [4.69, 9.17) is 0 Å². The zero-order valence-corrected chi connectivity index (χ0v) is 15.3. The molecule has 1 saturated heterocycles. The van der Waals surface area contributed by atoms with E-state index in [2.05, 4.69) is 10.2 Å². The average molecular weight is 391 g/mol. The Kier molecular flexibility index (Phi) is 5.40. The fraction of sp³-hybridized carbons (Fsp3) is 0.375. The van der Waals surface area contributed by atoms with Crippen LogP contribution in [0, 0.1) is 10.1 Å². The SMILES string of the molecule is Cn1cnnc1Sc1ccc(C(=O)N2CCCCC2C(=O)O)cc1[N+](=O)[O-]. The van der Waals surface area contributed by atoms with Crippen molar-refractivity contribution < 1.29 is 19.6 Å². The molecule has 1 unspecified atom stereocenters. The largest absolute Gasteiger partial charge is 0.480 e. The predicted octanol–water partition coefficient (Wildman–Crippen LogP) is 1.95. The number of hydrogen-bond acceptors (Lipinski definition) is 7. The Bertz CT molecular complexity index is 899. The molecule has 0 saturated carbocycles. The van der Waals surface area contributed by atoms with Crippen LogP contribution < -0.4 is 0 Å². The van der Waals surface area contributed by atoms with E-state index in [-0.39, 0.29) is 11.3 Å². The Labute approximate surface area is 158 Å². The van der Waals surface area contributed by atoms with E-state index in [0.29, 0.717) is 29.4 Å². The van der Waals surface area contributed by atoms with Crippen LogP contribution in [0.4, 0.5) is 5.69 Å². The monoisotopic (exact) mass is 391 g/mol. The van der Waals surface area contributed by atoms with Crippen LogP contribution >= 0.6 is 11.8 Å². The number of hydrogen-bond donors (Lipinski definition) is 1. The number of carbonyl (C=O) groups excluding carboxylic acids is 1. The van der Waals surface area contributed by atoms with Gasteiger partial charge >= 0.3 is 5.97 Å². The van der Waals surface area contributed by atoms with Crippen molar-refractivity contribution in [2.75, 3.05) is 6.54 Å². The fourth-order valence-electron chi connectivity index (χ4n) is 2.94. The lowest BCUT2D eigenvalue weighted by molar-refractivity contribution is -0.387. The van der Waals surface area contributed by atoms with Crippen LogP contribution in [-0.4, -0.2) is 54.2 Å². The van der Waals surface area contributed by atoms with Gasteiger partial charge in [-0.1, -0.05) is 0 Å². The van der Waals surface area contributed by atoms with E-state index in [9.17, 15) is 24.8 Å². The quantitative estimate of drug-likeness (QED) is 0.604. The molecule has 0 aliphatic carbocycles. The number of carbonyl (C=O) groups is 2. The number of amides is 1. The van der Waals surface area contributed by atoms with Crippen molar-refractivity contribution in [3.05, 3.63) is 40.2 Å². The number of nitro benzene ring substituents is 1. The summed E-state index contributed by atoms with van der Waals surface area (Å²) in [6.07, 6.45) is 3.30. The van der Waals surface area contributed by atoms with Crippen LogP contribution in [0.3, 0.4) is 0 Å². The first kappa shape index (κ1) is 18.8. The van der Waals surface area contributed by atoms with Crippen molar-refractivity contribution in [2.45, 2.75) is 35.4 Å². The molecule has 11 heteroatoms. The van der Waals surface area contributed by atoms with Gasteiger partial charge in [-0.2, -0.15) is 0 Å². The van der Waals surface area contributed by atoms with Gasteiger partial charge in [0.1, 0.15) is 12.4 Å². The summed E-state index contributed by atoms with van der Waals surface area (Å²) in [5.74, 6) is -1.58. The van der Waals surface area contributed by atoms with Crippen LogP contribution in [0.5, 0.6) is 0 Å². The molecule has 1 aromatic carbocycles. The fourth-order valence-corrected chi connectivity index (χ4v) is 3.79. The van der Waals surface area contributed by atoms with Gasteiger partial charge in [-0.25, -0.2) is 4.79 Å². The summed E-state index contributed by atoms with van der Waals surface area (Å²) in [7, 11) is 1.72. The Morgan fingerprint density at radius 2 is 2.15 bits per heavy atom. The van der Waals surface area contributed by atoms with Gasteiger partial charge in [-0.05, 0) is 43.2 Å². The molecule has 1 atom stereocenters. The highest BCUT2D eigenvalue weighted by molar-refractivity contribution is 7.99. The van der Waals surface area contributed by atoms with Crippen LogP contribution in [0.15, 0.2) is 34.6 Å². The maximum absolute atomic E-state index is 12.8. The molecule has 2 heterocycles. The molecule has 10 nitrogen and oxygen atoms in total. The van der Waals surface area contributed by atoms with Gasteiger partial charge in [0.25, 0.3) is 11.6 Å². The Morgan fingerprint density at radius 1 is 1.37 bits per heavy atom. The maximum Gasteiger partial charge on any atom is 0.326 e. The molecule has 1 N–H and O–H groups in total. The number of rotatable bonds is 5. The molecule has 0 spiro atoms. The van der Waals surface area contributed by atoms with E-state index in [0.717, 1.165) is 18.2 Å². The van der Waals surface area contributed by atoms with E-state index < -0.39 is 22.8 Å². The second-order valence-corrected chi connectivity index (χ2v) is 7.12. The minimum Gasteiger partial charge on any atom is -0.480 e. The van der Waals surface area contributed by atoms with Crippen molar-refractivity contribution in [3.63, 3.8) is 0 Å². The van der Waals surface area contributed by atoms with Crippen LogP contribution in [0.2, 0.25) is 0 Å². The van der Waals surface area contributed by atoms with Gasteiger partial charge in [0.15, 0.2) is 5.16 Å². The summed E-state index contributed by atoms with van der Waals surface area (Å²) in [4.78, 5) is 36.7. The first-order valence-electron chi connectivity index (χ1n) is 8.22. The number of aliphatic carboxylic acids is 1. The lowest BCUT2D eigenvalue weighted by atomic mass is 10.0. The van der Waals surface area contributed by atoms with Crippen molar-refractivity contribution in [2.24, 2.45) is 7.05 Å². The summed E-state index contributed by atoms with van der Waals surface area (Å²) < 4.78 is 1.62. The minimum atomic E-state index is -1.06. The zero-order chi connectivity index (χ0) is 19.6. The minimum absolute atomic E-state index is 0.0946. The van der Waals surface area contributed by atoms with Gasteiger partial charge in [-0.15, -0.1) is 10.2 Å². The van der Waals surface area contributed by atoms with Gasteiger partial charge in [0, 0.05) is 25.2 Å². The third-order valence-electron chi connectivity index (χ3n) is 4.32. The van der Waals surface area contributed by atoms with Crippen LogP contribution in [0.25, 0.3) is 0 Å².